The molecule has 98 valence electrons. The number of rotatable bonds is 7. The van der Waals surface area contributed by atoms with E-state index < -0.39 is 18.2 Å². The lowest BCUT2D eigenvalue weighted by atomic mass is 9.92. The molecule has 4 atom stereocenters. The molecule has 1 fully saturated rings. The van der Waals surface area contributed by atoms with Crippen LogP contribution in [0.1, 0.15) is 13.3 Å². The van der Waals surface area contributed by atoms with Crippen LogP contribution in [0, 0.1) is 0 Å². The maximum Gasteiger partial charge on any atom is 0.112 e. The molecule has 1 aliphatic rings. The van der Waals surface area contributed by atoms with Gasteiger partial charge in [-0.05, 0) is 6.42 Å². The fourth-order valence-corrected chi connectivity index (χ4v) is 1.98. The van der Waals surface area contributed by atoms with Gasteiger partial charge >= 0.3 is 0 Å². The van der Waals surface area contributed by atoms with Gasteiger partial charge in [-0.3, -0.25) is 0 Å². The largest absolute Gasteiger partial charge is 0.388 e. The number of aliphatic hydroxyl groups excluding tert-OH is 1. The molecule has 0 aliphatic carbocycles. The molecule has 17 heavy (non-hydrogen) atoms. The highest BCUT2D eigenvalue weighted by Gasteiger charge is 2.41. The van der Waals surface area contributed by atoms with E-state index in [1.165, 1.54) is 0 Å². The van der Waals surface area contributed by atoms with Crippen molar-refractivity contribution in [2.24, 2.45) is 0 Å². The molecular formula is C11H21BO5. The predicted molar refractivity (Wildman–Crippen MR) is 63.1 cm³/mol. The number of ether oxygens (including phenoxy) is 4. The Hall–Kier alpha value is -0.135. The van der Waals surface area contributed by atoms with Crippen LogP contribution in [0.3, 0.4) is 0 Å². The van der Waals surface area contributed by atoms with E-state index in [0.29, 0.717) is 19.6 Å². The van der Waals surface area contributed by atoms with Crippen LogP contribution >= 0.6 is 0 Å². The molecule has 0 aromatic heterocycles. The maximum absolute atomic E-state index is 9.99. The number of methoxy groups -OCH3 is 2. The molecule has 1 N–H and O–H groups in total. The van der Waals surface area contributed by atoms with Crippen LogP contribution in [0.15, 0.2) is 0 Å². The topological polar surface area (TPSA) is 57.2 Å². The molecule has 1 rings (SSSR count). The van der Waals surface area contributed by atoms with Crippen molar-refractivity contribution in [3.63, 3.8) is 0 Å². The van der Waals surface area contributed by atoms with Crippen LogP contribution in [0.5, 0.6) is 0 Å². The lowest BCUT2D eigenvalue weighted by Gasteiger charge is -2.25. The first-order chi connectivity index (χ1) is 8.13. The van der Waals surface area contributed by atoms with Gasteiger partial charge in [0, 0.05) is 20.2 Å². The van der Waals surface area contributed by atoms with Gasteiger partial charge in [-0.15, -0.1) is 0 Å². The molecule has 0 amide bonds. The summed E-state index contributed by atoms with van der Waals surface area (Å²) in [6.45, 7) is 2.71. The number of aliphatic hydroxyl groups is 1. The summed E-state index contributed by atoms with van der Waals surface area (Å²) in [4.78, 5) is 0. The quantitative estimate of drug-likeness (QED) is 0.623. The molecule has 1 saturated heterocycles. The standard InChI is InChI=1S/C11H21BO5/c1-4-8-9(13)10(11(12)17-8)16-7(5-14-2)6-15-3/h7-11,13H,4-6H2,1-3H3/t8-,9+,10?,11-/m1/s1. The highest BCUT2D eigenvalue weighted by atomic mass is 16.6. The van der Waals surface area contributed by atoms with E-state index in [2.05, 4.69) is 0 Å². The van der Waals surface area contributed by atoms with Gasteiger partial charge in [0.1, 0.15) is 26.2 Å². The van der Waals surface area contributed by atoms with Crippen LogP contribution < -0.4 is 0 Å². The van der Waals surface area contributed by atoms with Gasteiger partial charge in [-0.2, -0.15) is 0 Å². The normalized spacial score (nSPS) is 33.5. The fraction of sp³-hybridized carbons (Fsp3) is 1.00. The Balaban J connectivity index is 2.53. The van der Waals surface area contributed by atoms with Crippen molar-refractivity contribution in [1.82, 2.24) is 0 Å². The Labute approximate surface area is 104 Å². The number of hydrogen-bond donors (Lipinski definition) is 1. The van der Waals surface area contributed by atoms with Crippen LogP contribution in [0.2, 0.25) is 0 Å². The van der Waals surface area contributed by atoms with Crippen molar-refractivity contribution >= 4 is 7.85 Å². The minimum Gasteiger partial charge on any atom is -0.388 e. The van der Waals surface area contributed by atoms with Crippen LogP contribution in [0.4, 0.5) is 0 Å². The molecule has 1 aliphatic heterocycles. The predicted octanol–water partition coefficient (Wildman–Crippen LogP) is -0.303. The van der Waals surface area contributed by atoms with Gasteiger partial charge in [-0.25, -0.2) is 0 Å². The third kappa shape index (κ3) is 3.93. The van der Waals surface area contributed by atoms with Crippen molar-refractivity contribution in [2.45, 2.75) is 43.8 Å². The molecule has 1 unspecified atom stereocenters. The first kappa shape index (κ1) is 14.9. The Kier molecular flexibility index (Phi) is 6.44. The van der Waals surface area contributed by atoms with Gasteiger partial charge in [-0.1, -0.05) is 6.92 Å². The molecule has 0 aromatic carbocycles. The van der Waals surface area contributed by atoms with Crippen LogP contribution in [0.25, 0.3) is 0 Å². The molecule has 0 spiro atoms. The van der Waals surface area contributed by atoms with E-state index in [4.69, 9.17) is 26.8 Å². The second-order valence-electron chi connectivity index (χ2n) is 4.17. The molecule has 1 heterocycles. The summed E-state index contributed by atoms with van der Waals surface area (Å²) in [5.74, 6) is 0. The zero-order valence-electron chi connectivity index (χ0n) is 10.7. The van der Waals surface area contributed by atoms with E-state index in [-0.39, 0.29) is 12.2 Å². The summed E-state index contributed by atoms with van der Waals surface area (Å²) >= 11 is 0. The SMILES string of the molecule is [B][C@@H]1O[C@H](CC)[C@H](O)C1OC(COC)COC. The summed E-state index contributed by atoms with van der Waals surface area (Å²) in [7, 11) is 8.96. The van der Waals surface area contributed by atoms with E-state index >= 15 is 0 Å². The monoisotopic (exact) mass is 244 g/mol. The lowest BCUT2D eigenvalue weighted by molar-refractivity contribution is -0.107. The van der Waals surface area contributed by atoms with Crippen molar-refractivity contribution in [3.8, 4) is 0 Å². The van der Waals surface area contributed by atoms with Gasteiger partial charge < -0.3 is 24.1 Å². The molecule has 0 aromatic rings. The average molecular weight is 244 g/mol. The van der Waals surface area contributed by atoms with Gasteiger partial charge in [0.15, 0.2) is 0 Å². The summed E-state index contributed by atoms with van der Waals surface area (Å²) in [6.07, 6.45) is -1.05. The molecule has 0 saturated carbocycles. The number of hydrogen-bond acceptors (Lipinski definition) is 5. The molecule has 0 bridgehead atoms. The van der Waals surface area contributed by atoms with Gasteiger partial charge in [0.05, 0.1) is 19.3 Å². The van der Waals surface area contributed by atoms with E-state index in [0.717, 1.165) is 0 Å². The molecular weight excluding hydrogens is 223 g/mol. The van der Waals surface area contributed by atoms with Crippen molar-refractivity contribution in [3.05, 3.63) is 0 Å². The van der Waals surface area contributed by atoms with Gasteiger partial charge in [0.2, 0.25) is 0 Å². The van der Waals surface area contributed by atoms with Crippen LogP contribution in [-0.4, -0.2) is 70.8 Å². The Morgan fingerprint density at radius 3 is 2.29 bits per heavy atom. The first-order valence-electron chi connectivity index (χ1n) is 5.86. The fourth-order valence-electron chi connectivity index (χ4n) is 1.98. The third-order valence-corrected chi connectivity index (χ3v) is 2.83. The summed E-state index contributed by atoms with van der Waals surface area (Å²) < 4.78 is 21.2. The Bertz CT molecular complexity index is 210. The molecule has 5 nitrogen and oxygen atoms in total. The summed E-state index contributed by atoms with van der Waals surface area (Å²) in [6, 6.07) is -0.605. The minimum absolute atomic E-state index is 0.255. The maximum atomic E-state index is 9.99. The molecule has 2 radical (unpaired) electrons. The zero-order chi connectivity index (χ0) is 12.8. The molecule has 6 heteroatoms. The second-order valence-corrected chi connectivity index (χ2v) is 4.17. The van der Waals surface area contributed by atoms with Crippen molar-refractivity contribution in [1.29, 1.82) is 0 Å². The Morgan fingerprint density at radius 2 is 1.88 bits per heavy atom. The second kappa shape index (κ2) is 7.33. The van der Waals surface area contributed by atoms with E-state index in [1.54, 1.807) is 14.2 Å². The van der Waals surface area contributed by atoms with Crippen molar-refractivity contribution in [2.75, 3.05) is 27.4 Å². The third-order valence-electron chi connectivity index (χ3n) is 2.83. The highest BCUT2D eigenvalue weighted by molar-refractivity contribution is 6.11. The van der Waals surface area contributed by atoms with E-state index in [1.807, 2.05) is 6.92 Å². The summed E-state index contributed by atoms with van der Waals surface area (Å²) in [5, 5.41) is 9.99. The Morgan fingerprint density at radius 1 is 1.29 bits per heavy atom. The smallest absolute Gasteiger partial charge is 0.112 e. The summed E-state index contributed by atoms with van der Waals surface area (Å²) in [5.41, 5.74) is 0. The average Bonchev–Trinajstić information content (AvgIpc) is 2.57. The highest BCUT2D eigenvalue weighted by Crippen LogP contribution is 2.25. The van der Waals surface area contributed by atoms with Gasteiger partial charge in [0.25, 0.3) is 0 Å². The zero-order valence-corrected chi connectivity index (χ0v) is 10.7. The van der Waals surface area contributed by atoms with E-state index in [9.17, 15) is 5.11 Å². The first-order valence-corrected chi connectivity index (χ1v) is 5.86. The van der Waals surface area contributed by atoms with Crippen LogP contribution in [-0.2, 0) is 18.9 Å². The lowest BCUT2D eigenvalue weighted by Crippen LogP contribution is -2.41. The minimum atomic E-state index is -0.703. The van der Waals surface area contributed by atoms with Crippen molar-refractivity contribution < 1.29 is 24.1 Å².